The monoisotopic (exact) mass is 293 g/mol. The van der Waals surface area contributed by atoms with E-state index in [1.165, 1.54) is 23.1 Å². The number of rotatable bonds is 2. The number of benzene rings is 1. The maximum absolute atomic E-state index is 13.4. The molecular formula is C13H12FN3O4. The van der Waals surface area contributed by atoms with Crippen LogP contribution in [0.2, 0.25) is 0 Å². The van der Waals surface area contributed by atoms with Gasteiger partial charge in [-0.25, -0.2) is 18.9 Å². The van der Waals surface area contributed by atoms with E-state index in [-0.39, 0.29) is 31.4 Å². The Bertz CT molecular complexity index is 599. The molecule has 0 aromatic heterocycles. The molecule has 8 heteroatoms. The van der Waals surface area contributed by atoms with E-state index in [2.05, 4.69) is 10.1 Å². The van der Waals surface area contributed by atoms with Gasteiger partial charge in [0, 0.05) is 13.1 Å². The van der Waals surface area contributed by atoms with Crippen LogP contribution in [0.3, 0.4) is 0 Å². The Labute approximate surface area is 119 Å². The van der Waals surface area contributed by atoms with Crippen molar-refractivity contribution < 1.29 is 23.5 Å². The van der Waals surface area contributed by atoms with Crippen molar-refractivity contribution in [3.05, 3.63) is 30.1 Å². The summed E-state index contributed by atoms with van der Waals surface area (Å²) < 4.78 is 18.0. The molecular weight excluding hydrogens is 281 g/mol. The summed E-state index contributed by atoms with van der Waals surface area (Å²) in [7, 11) is 0. The Morgan fingerprint density at radius 2 is 2.00 bits per heavy atom. The minimum Gasteiger partial charge on any atom is -0.439 e. The molecule has 21 heavy (non-hydrogen) atoms. The number of carbonyl (C=O) groups excluding carboxylic acids is 3. The number of para-hydroxylation sites is 1. The van der Waals surface area contributed by atoms with Crippen molar-refractivity contribution >= 4 is 23.7 Å². The summed E-state index contributed by atoms with van der Waals surface area (Å²) in [6, 6.07) is 4.97. The van der Waals surface area contributed by atoms with Gasteiger partial charge in [-0.3, -0.25) is 4.79 Å². The van der Waals surface area contributed by atoms with Gasteiger partial charge < -0.3 is 15.0 Å². The molecule has 0 bridgehead atoms. The van der Waals surface area contributed by atoms with Crippen LogP contribution in [0.4, 0.5) is 19.7 Å². The molecule has 0 unspecified atom stereocenters. The number of cyclic esters (lactones) is 1. The van der Waals surface area contributed by atoms with Crippen molar-refractivity contribution in [2.75, 3.05) is 25.0 Å². The normalized spacial score (nSPS) is 18.5. The zero-order valence-electron chi connectivity index (χ0n) is 10.9. The van der Waals surface area contributed by atoms with Crippen LogP contribution < -0.4 is 5.32 Å². The zero-order valence-corrected chi connectivity index (χ0v) is 10.9. The molecule has 7 nitrogen and oxygen atoms in total. The first-order valence-corrected chi connectivity index (χ1v) is 6.35. The van der Waals surface area contributed by atoms with Crippen molar-refractivity contribution in [3.63, 3.8) is 0 Å². The molecule has 1 aromatic rings. The Balaban J connectivity index is 1.57. The van der Waals surface area contributed by atoms with E-state index in [9.17, 15) is 18.8 Å². The number of nitrogens with zero attached hydrogens (tertiary/aromatic N) is 2. The first kappa shape index (κ1) is 13.3. The first-order chi connectivity index (χ1) is 10.1. The van der Waals surface area contributed by atoms with Crippen LogP contribution in [0.25, 0.3) is 0 Å². The van der Waals surface area contributed by atoms with E-state index in [0.29, 0.717) is 0 Å². The fraction of sp³-hybridized carbons (Fsp3) is 0.308. The number of hydrogen-bond acceptors (Lipinski definition) is 4. The molecule has 3 rings (SSSR count). The van der Waals surface area contributed by atoms with E-state index in [1.54, 1.807) is 6.07 Å². The van der Waals surface area contributed by atoms with Crippen molar-refractivity contribution in [2.24, 2.45) is 0 Å². The van der Waals surface area contributed by atoms with Gasteiger partial charge in [0.1, 0.15) is 5.82 Å². The molecule has 2 aliphatic rings. The van der Waals surface area contributed by atoms with Crippen LogP contribution >= 0.6 is 0 Å². The van der Waals surface area contributed by atoms with E-state index in [1.807, 2.05) is 0 Å². The fourth-order valence-corrected chi connectivity index (χ4v) is 2.26. The van der Waals surface area contributed by atoms with Gasteiger partial charge in [0.05, 0.1) is 11.7 Å². The van der Waals surface area contributed by atoms with E-state index >= 15 is 0 Å². The lowest BCUT2D eigenvalue weighted by Crippen LogP contribution is -2.63. The summed E-state index contributed by atoms with van der Waals surface area (Å²) in [4.78, 5) is 37.1. The summed E-state index contributed by atoms with van der Waals surface area (Å²) in [5, 5.41) is 2.44. The van der Waals surface area contributed by atoms with Gasteiger partial charge in [-0.05, 0) is 12.1 Å². The molecule has 2 aliphatic heterocycles. The van der Waals surface area contributed by atoms with Crippen molar-refractivity contribution in [2.45, 2.75) is 6.04 Å². The van der Waals surface area contributed by atoms with Crippen LogP contribution in [0.5, 0.6) is 0 Å². The minimum atomic E-state index is -0.681. The number of imide groups is 1. The molecule has 2 heterocycles. The van der Waals surface area contributed by atoms with Crippen molar-refractivity contribution in [1.29, 1.82) is 0 Å². The van der Waals surface area contributed by atoms with Crippen molar-refractivity contribution in [3.8, 4) is 0 Å². The van der Waals surface area contributed by atoms with Gasteiger partial charge in [-0.2, -0.15) is 0 Å². The summed E-state index contributed by atoms with van der Waals surface area (Å²) >= 11 is 0. The standard InChI is InChI=1S/C13H12FN3O4/c14-9-3-1-2-4-10(9)15-12(19)16-5-8(6-16)17-11(18)7-21-13(17)20/h1-4,8H,5-7H2,(H,15,19). The van der Waals surface area contributed by atoms with E-state index < -0.39 is 23.8 Å². The Morgan fingerprint density at radius 1 is 1.29 bits per heavy atom. The maximum atomic E-state index is 13.4. The van der Waals surface area contributed by atoms with Crippen LogP contribution in [0.15, 0.2) is 24.3 Å². The third-order valence-electron chi connectivity index (χ3n) is 3.41. The van der Waals surface area contributed by atoms with Gasteiger partial charge >= 0.3 is 12.1 Å². The Hall–Kier alpha value is -2.64. The highest BCUT2D eigenvalue weighted by molar-refractivity contribution is 5.98. The van der Waals surface area contributed by atoms with Crippen LogP contribution in [0, 0.1) is 5.82 Å². The predicted octanol–water partition coefficient (Wildman–Crippen LogP) is 1.02. The smallest absolute Gasteiger partial charge is 0.417 e. The molecule has 2 saturated heterocycles. The Kier molecular flexibility index (Phi) is 3.20. The second-order valence-corrected chi connectivity index (χ2v) is 4.79. The first-order valence-electron chi connectivity index (χ1n) is 6.35. The lowest BCUT2D eigenvalue weighted by Gasteiger charge is -2.41. The number of hydrogen-bond donors (Lipinski definition) is 1. The van der Waals surface area contributed by atoms with Gasteiger partial charge in [0.15, 0.2) is 6.61 Å². The molecule has 110 valence electrons. The second kappa shape index (κ2) is 5.04. The summed E-state index contributed by atoms with van der Waals surface area (Å²) in [5.74, 6) is -0.930. The Morgan fingerprint density at radius 3 is 2.62 bits per heavy atom. The highest BCUT2D eigenvalue weighted by Gasteiger charge is 2.44. The van der Waals surface area contributed by atoms with E-state index in [0.717, 1.165) is 4.90 Å². The third kappa shape index (κ3) is 2.39. The molecule has 0 saturated carbocycles. The number of anilines is 1. The SMILES string of the molecule is O=C(Nc1ccccc1F)N1CC(N2C(=O)COC2=O)C1. The number of amides is 4. The molecule has 1 N–H and O–H groups in total. The van der Waals surface area contributed by atoms with Gasteiger partial charge in [0.25, 0.3) is 5.91 Å². The van der Waals surface area contributed by atoms with Crippen LogP contribution in [-0.2, 0) is 9.53 Å². The summed E-state index contributed by atoms with van der Waals surface area (Å²) in [6.07, 6.45) is -0.681. The minimum absolute atomic E-state index is 0.0857. The topological polar surface area (TPSA) is 79.0 Å². The van der Waals surface area contributed by atoms with Gasteiger partial charge in [0.2, 0.25) is 0 Å². The maximum Gasteiger partial charge on any atom is 0.417 e. The number of likely N-dealkylation sites (tertiary alicyclic amines) is 1. The van der Waals surface area contributed by atoms with Crippen LogP contribution in [-0.4, -0.2) is 53.6 Å². The van der Waals surface area contributed by atoms with Gasteiger partial charge in [-0.1, -0.05) is 12.1 Å². The molecule has 0 atom stereocenters. The molecule has 0 spiro atoms. The predicted molar refractivity (Wildman–Crippen MR) is 69.0 cm³/mol. The fourth-order valence-electron chi connectivity index (χ4n) is 2.26. The number of carbonyl (C=O) groups is 3. The molecule has 0 aliphatic carbocycles. The van der Waals surface area contributed by atoms with Crippen LogP contribution in [0.1, 0.15) is 0 Å². The average Bonchev–Trinajstić information content (AvgIpc) is 2.72. The third-order valence-corrected chi connectivity index (χ3v) is 3.41. The number of halogens is 1. The number of nitrogens with one attached hydrogen (secondary N) is 1. The largest absolute Gasteiger partial charge is 0.439 e. The highest BCUT2D eigenvalue weighted by atomic mass is 19.1. The number of ether oxygens (including phenoxy) is 1. The molecule has 2 fully saturated rings. The quantitative estimate of drug-likeness (QED) is 0.883. The van der Waals surface area contributed by atoms with Crippen molar-refractivity contribution in [1.82, 2.24) is 9.80 Å². The molecule has 0 radical (unpaired) electrons. The number of urea groups is 1. The highest BCUT2D eigenvalue weighted by Crippen LogP contribution is 2.21. The molecule has 4 amide bonds. The molecule has 1 aromatic carbocycles. The summed E-state index contributed by atoms with van der Waals surface area (Å²) in [6.45, 7) is 0.166. The summed E-state index contributed by atoms with van der Waals surface area (Å²) in [5.41, 5.74) is 0.0857. The zero-order chi connectivity index (χ0) is 15.0. The second-order valence-electron chi connectivity index (χ2n) is 4.79. The average molecular weight is 293 g/mol. The van der Waals surface area contributed by atoms with Gasteiger partial charge in [-0.15, -0.1) is 0 Å². The lowest BCUT2D eigenvalue weighted by atomic mass is 10.1. The lowest BCUT2D eigenvalue weighted by molar-refractivity contribution is -0.129. The van der Waals surface area contributed by atoms with E-state index in [4.69, 9.17) is 0 Å².